The van der Waals surface area contributed by atoms with Crippen LogP contribution in [0.15, 0.2) is 18.3 Å². The van der Waals surface area contributed by atoms with Crippen molar-refractivity contribution in [3.8, 4) is 0 Å². The second-order valence-electron chi connectivity index (χ2n) is 5.02. The molecule has 0 radical (unpaired) electrons. The van der Waals surface area contributed by atoms with E-state index in [1.54, 1.807) is 13.1 Å². The molecule has 4 heteroatoms. The molecule has 0 aliphatic heterocycles. The van der Waals surface area contributed by atoms with Crippen molar-refractivity contribution in [1.29, 1.82) is 0 Å². The second kappa shape index (κ2) is 6.71. The monoisotopic (exact) mass is 251 g/mol. The summed E-state index contributed by atoms with van der Waals surface area (Å²) < 4.78 is 0. The maximum atomic E-state index is 9.48. The van der Waals surface area contributed by atoms with Crippen LogP contribution in [0.3, 0.4) is 0 Å². The van der Waals surface area contributed by atoms with Gasteiger partial charge in [-0.15, -0.1) is 0 Å². The van der Waals surface area contributed by atoms with Crippen LogP contribution in [0.1, 0.15) is 32.4 Å². The zero-order valence-corrected chi connectivity index (χ0v) is 12.1. The fraction of sp³-hybridized carbons (Fsp3) is 0.643. The number of aliphatic hydroxyl groups excluding tert-OH is 1. The highest BCUT2D eigenvalue weighted by molar-refractivity contribution is 5.40. The van der Waals surface area contributed by atoms with Crippen molar-refractivity contribution < 1.29 is 5.11 Å². The number of aromatic nitrogens is 1. The van der Waals surface area contributed by atoms with Crippen molar-refractivity contribution in [3.05, 3.63) is 23.9 Å². The predicted octanol–water partition coefficient (Wildman–Crippen LogP) is 1.91. The van der Waals surface area contributed by atoms with Crippen LogP contribution in [0.5, 0.6) is 0 Å². The summed E-state index contributed by atoms with van der Waals surface area (Å²) >= 11 is 0. The molecule has 2 atom stereocenters. The van der Waals surface area contributed by atoms with Gasteiger partial charge in [-0.05, 0) is 46.5 Å². The molecular weight excluding hydrogens is 226 g/mol. The van der Waals surface area contributed by atoms with E-state index in [1.807, 2.05) is 12.1 Å². The van der Waals surface area contributed by atoms with E-state index in [4.69, 9.17) is 0 Å². The van der Waals surface area contributed by atoms with Crippen LogP contribution in [0.25, 0.3) is 0 Å². The maximum absolute atomic E-state index is 9.48. The van der Waals surface area contributed by atoms with Crippen LogP contribution in [0.4, 0.5) is 5.82 Å². The average molecular weight is 251 g/mol. The van der Waals surface area contributed by atoms with Gasteiger partial charge in [0.1, 0.15) is 5.82 Å². The van der Waals surface area contributed by atoms with Gasteiger partial charge in [0.15, 0.2) is 0 Å². The molecule has 0 aliphatic carbocycles. The molecule has 0 saturated heterocycles. The molecule has 0 spiro atoms. The van der Waals surface area contributed by atoms with Gasteiger partial charge in [-0.1, -0.05) is 6.07 Å². The number of anilines is 1. The van der Waals surface area contributed by atoms with E-state index < -0.39 is 6.10 Å². The van der Waals surface area contributed by atoms with Gasteiger partial charge in [-0.2, -0.15) is 0 Å². The zero-order chi connectivity index (χ0) is 13.7. The van der Waals surface area contributed by atoms with Crippen molar-refractivity contribution in [2.75, 3.05) is 32.1 Å². The van der Waals surface area contributed by atoms with E-state index >= 15 is 0 Å². The van der Waals surface area contributed by atoms with E-state index in [9.17, 15) is 5.11 Å². The molecule has 1 unspecified atom stereocenters. The maximum Gasteiger partial charge on any atom is 0.128 e. The van der Waals surface area contributed by atoms with Gasteiger partial charge in [-0.25, -0.2) is 4.98 Å². The molecule has 1 rings (SSSR count). The second-order valence-corrected chi connectivity index (χ2v) is 5.02. The van der Waals surface area contributed by atoms with Gasteiger partial charge in [0.2, 0.25) is 0 Å². The Morgan fingerprint density at radius 2 is 1.94 bits per heavy atom. The van der Waals surface area contributed by atoms with Crippen molar-refractivity contribution in [3.63, 3.8) is 0 Å². The minimum atomic E-state index is -0.458. The lowest BCUT2D eigenvalue weighted by molar-refractivity contribution is 0.199. The fourth-order valence-corrected chi connectivity index (χ4v) is 2.14. The molecule has 1 aromatic rings. The molecule has 0 bridgehead atoms. The molecule has 0 amide bonds. The number of aliphatic hydroxyl groups is 1. The summed E-state index contributed by atoms with van der Waals surface area (Å²) in [4.78, 5) is 8.89. The third-order valence-corrected chi connectivity index (χ3v) is 3.05. The van der Waals surface area contributed by atoms with Crippen LogP contribution in [-0.2, 0) is 0 Å². The van der Waals surface area contributed by atoms with E-state index in [2.05, 4.69) is 42.7 Å². The Balaban J connectivity index is 2.81. The third-order valence-electron chi connectivity index (χ3n) is 3.05. The Morgan fingerprint density at radius 3 is 2.33 bits per heavy atom. The number of hydrogen-bond acceptors (Lipinski definition) is 4. The Bertz CT molecular complexity index is 349. The molecule has 4 nitrogen and oxygen atoms in total. The summed E-state index contributed by atoms with van der Waals surface area (Å²) in [6.07, 6.45) is 1.30. The smallest absolute Gasteiger partial charge is 0.128 e. The summed E-state index contributed by atoms with van der Waals surface area (Å²) in [6, 6.07) is 4.34. The van der Waals surface area contributed by atoms with E-state index in [1.165, 1.54) is 0 Å². The van der Waals surface area contributed by atoms with Gasteiger partial charge in [0.25, 0.3) is 0 Å². The standard InChI is InChI=1S/C14H25N3O/c1-6-17(11(2)10-16(4)5)14-8-7-13(9-15-14)12(3)18/h7-9,11-12,18H,6,10H2,1-5H3/t11?,12-/m1/s1. The Labute approximate surface area is 110 Å². The molecule has 0 aliphatic rings. The number of nitrogens with zero attached hydrogens (tertiary/aromatic N) is 3. The van der Waals surface area contributed by atoms with Gasteiger partial charge in [0.05, 0.1) is 6.10 Å². The SMILES string of the molecule is CCN(c1ccc([C@@H](C)O)cn1)C(C)CN(C)C. The molecule has 0 saturated carbocycles. The number of rotatable bonds is 6. The highest BCUT2D eigenvalue weighted by Crippen LogP contribution is 2.17. The predicted molar refractivity (Wildman–Crippen MR) is 75.9 cm³/mol. The van der Waals surface area contributed by atoms with E-state index in [0.29, 0.717) is 6.04 Å². The van der Waals surface area contributed by atoms with E-state index in [-0.39, 0.29) is 0 Å². The lowest BCUT2D eigenvalue weighted by Gasteiger charge is -2.31. The molecule has 1 N–H and O–H groups in total. The van der Waals surface area contributed by atoms with Crippen molar-refractivity contribution in [2.45, 2.75) is 32.9 Å². The van der Waals surface area contributed by atoms with Crippen molar-refractivity contribution >= 4 is 5.82 Å². The number of likely N-dealkylation sites (N-methyl/N-ethyl adjacent to an activating group) is 2. The van der Waals surface area contributed by atoms with E-state index in [0.717, 1.165) is 24.5 Å². The lowest BCUT2D eigenvalue weighted by atomic mass is 10.2. The summed E-state index contributed by atoms with van der Waals surface area (Å²) in [5.74, 6) is 0.969. The van der Waals surface area contributed by atoms with Crippen LogP contribution < -0.4 is 4.90 Å². The first-order valence-corrected chi connectivity index (χ1v) is 6.51. The van der Waals surface area contributed by atoms with Gasteiger partial charge < -0.3 is 14.9 Å². The van der Waals surface area contributed by atoms with Crippen LogP contribution >= 0.6 is 0 Å². The van der Waals surface area contributed by atoms with Crippen molar-refractivity contribution in [2.24, 2.45) is 0 Å². The molecule has 18 heavy (non-hydrogen) atoms. The zero-order valence-electron chi connectivity index (χ0n) is 12.1. The first-order chi connectivity index (χ1) is 8.45. The quantitative estimate of drug-likeness (QED) is 0.838. The first-order valence-electron chi connectivity index (χ1n) is 6.51. The van der Waals surface area contributed by atoms with Crippen LogP contribution in [0, 0.1) is 0 Å². The summed E-state index contributed by atoms with van der Waals surface area (Å²) in [5.41, 5.74) is 0.857. The van der Waals surface area contributed by atoms with Crippen molar-refractivity contribution in [1.82, 2.24) is 9.88 Å². The normalized spacial score (nSPS) is 14.6. The highest BCUT2D eigenvalue weighted by atomic mass is 16.3. The average Bonchev–Trinajstić information content (AvgIpc) is 2.29. The third kappa shape index (κ3) is 3.96. The number of pyridine rings is 1. The van der Waals surface area contributed by atoms with Gasteiger partial charge in [-0.3, -0.25) is 0 Å². The fourth-order valence-electron chi connectivity index (χ4n) is 2.14. The largest absolute Gasteiger partial charge is 0.389 e. The Kier molecular flexibility index (Phi) is 5.56. The molecule has 1 aromatic heterocycles. The van der Waals surface area contributed by atoms with Gasteiger partial charge in [0, 0.05) is 25.3 Å². The lowest BCUT2D eigenvalue weighted by Crippen LogP contribution is -2.40. The summed E-state index contributed by atoms with van der Waals surface area (Å²) in [6.45, 7) is 8.01. The number of hydrogen-bond donors (Lipinski definition) is 1. The van der Waals surface area contributed by atoms with Gasteiger partial charge >= 0.3 is 0 Å². The molecule has 0 aromatic carbocycles. The topological polar surface area (TPSA) is 39.6 Å². The minimum Gasteiger partial charge on any atom is -0.389 e. The molecule has 102 valence electrons. The minimum absolute atomic E-state index is 0.412. The summed E-state index contributed by atoms with van der Waals surface area (Å²) in [7, 11) is 4.16. The summed E-state index contributed by atoms with van der Waals surface area (Å²) in [5, 5.41) is 9.48. The Morgan fingerprint density at radius 1 is 1.28 bits per heavy atom. The van der Waals surface area contributed by atoms with Crippen LogP contribution in [-0.4, -0.2) is 48.2 Å². The molecule has 1 heterocycles. The highest BCUT2D eigenvalue weighted by Gasteiger charge is 2.14. The van der Waals surface area contributed by atoms with Crippen LogP contribution in [0.2, 0.25) is 0 Å². The molecular formula is C14H25N3O. The Hall–Kier alpha value is -1.13. The first kappa shape index (κ1) is 14.9. The molecule has 0 fully saturated rings.